The largest absolute Gasteiger partial charge is 1.00 e. The van der Waals surface area contributed by atoms with Gasteiger partial charge in [-0.3, -0.25) is 0 Å². The van der Waals surface area contributed by atoms with Gasteiger partial charge in [0.2, 0.25) is 0 Å². The zero-order valence-corrected chi connectivity index (χ0v) is 21.6. The summed E-state index contributed by atoms with van der Waals surface area (Å²) in [5.41, 5.74) is 1.21. The standard InChI is InChI=1S/C26H42NO3.BrH/c1-5-6-7-8-9-10-11-12-13-14-17-27(3,4)18-19-29-23-15-16-24-22(2)20-26(28)30-25(24)21-23;/h15-16,20-21H,5-14,17-19H2,1-4H3;1H/q+1;/p-1. The van der Waals surface area contributed by atoms with E-state index in [-0.39, 0.29) is 22.6 Å². The second-order valence-electron chi connectivity index (χ2n) is 9.32. The molecule has 31 heavy (non-hydrogen) atoms. The van der Waals surface area contributed by atoms with Gasteiger partial charge in [-0.1, -0.05) is 58.3 Å². The van der Waals surface area contributed by atoms with Crippen LogP contribution in [0.1, 0.15) is 76.7 Å². The van der Waals surface area contributed by atoms with Gasteiger partial charge in [-0.15, -0.1) is 0 Å². The first-order chi connectivity index (χ1) is 14.4. The molecule has 0 N–H and O–H groups in total. The van der Waals surface area contributed by atoms with Crippen molar-refractivity contribution in [1.82, 2.24) is 0 Å². The summed E-state index contributed by atoms with van der Waals surface area (Å²) >= 11 is 0. The molecule has 0 radical (unpaired) electrons. The van der Waals surface area contributed by atoms with E-state index in [1.54, 1.807) is 0 Å². The van der Waals surface area contributed by atoms with Crippen molar-refractivity contribution in [2.24, 2.45) is 0 Å². The molecule has 0 atom stereocenters. The number of unbranched alkanes of at least 4 members (excludes halogenated alkanes) is 9. The van der Waals surface area contributed by atoms with Gasteiger partial charge in [0, 0.05) is 17.5 Å². The van der Waals surface area contributed by atoms with E-state index in [0.29, 0.717) is 12.2 Å². The van der Waals surface area contributed by atoms with Gasteiger partial charge < -0.3 is 30.6 Å². The highest BCUT2D eigenvalue weighted by Crippen LogP contribution is 2.22. The number of halogens is 1. The molecule has 1 aromatic carbocycles. The van der Waals surface area contributed by atoms with Gasteiger partial charge in [-0.25, -0.2) is 4.79 Å². The highest BCUT2D eigenvalue weighted by Gasteiger charge is 2.14. The van der Waals surface area contributed by atoms with Crippen LogP contribution in [-0.2, 0) is 0 Å². The SMILES string of the molecule is CCCCCCCCCCCC[N+](C)(C)CCOc1ccc2c(C)cc(=O)oc2c1.[Br-]. The molecule has 2 rings (SSSR count). The Morgan fingerprint density at radius 2 is 1.48 bits per heavy atom. The molecule has 2 aromatic rings. The minimum absolute atomic E-state index is 0. The zero-order chi connectivity index (χ0) is 21.8. The first-order valence-electron chi connectivity index (χ1n) is 11.9. The Morgan fingerprint density at radius 1 is 0.871 bits per heavy atom. The maximum absolute atomic E-state index is 11.6. The predicted molar refractivity (Wildman–Crippen MR) is 126 cm³/mol. The number of quaternary nitrogens is 1. The molecule has 4 nitrogen and oxygen atoms in total. The van der Waals surface area contributed by atoms with Crippen LogP contribution in [0.25, 0.3) is 11.0 Å². The van der Waals surface area contributed by atoms with Crippen LogP contribution in [0.2, 0.25) is 0 Å². The van der Waals surface area contributed by atoms with Gasteiger partial charge >= 0.3 is 5.63 Å². The number of aryl methyl sites for hydroxylation is 1. The van der Waals surface area contributed by atoms with E-state index in [1.165, 1.54) is 76.8 Å². The van der Waals surface area contributed by atoms with E-state index in [9.17, 15) is 4.79 Å². The van der Waals surface area contributed by atoms with Crippen LogP contribution < -0.4 is 27.3 Å². The molecule has 0 amide bonds. The van der Waals surface area contributed by atoms with Gasteiger partial charge in [0.25, 0.3) is 0 Å². The minimum Gasteiger partial charge on any atom is -1.00 e. The fraction of sp³-hybridized carbons (Fsp3) is 0.654. The Bertz CT molecular complexity index is 816. The summed E-state index contributed by atoms with van der Waals surface area (Å²) in [6, 6.07) is 7.27. The van der Waals surface area contributed by atoms with E-state index in [2.05, 4.69) is 21.0 Å². The molecule has 0 aliphatic carbocycles. The molecule has 0 spiro atoms. The average Bonchev–Trinajstić information content (AvgIpc) is 2.69. The lowest BCUT2D eigenvalue weighted by molar-refractivity contribution is -0.890. The van der Waals surface area contributed by atoms with Crippen LogP contribution in [0.15, 0.2) is 33.5 Å². The number of rotatable bonds is 15. The Labute approximate surface area is 199 Å². The third kappa shape index (κ3) is 10.7. The average molecular weight is 497 g/mol. The quantitative estimate of drug-likeness (QED) is 0.215. The number of likely N-dealkylation sites (N-methyl/N-ethyl adjacent to an activating group) is 1. The molecule has 1 aromatic heterocycles. The van der Waals surface area contributed by atoms with Gasteiger partial charge in [0.15, 0.2) is 0 Å². The molecule has 0 saturated carbocycles. The van der Waals surface area contributed by atoms with Crippen LogP contribution in [0, 0.1) is 6.92 Å². The number of hydrogen-bond acceptors (Lipinski definition) is 3. The van der Waals surface area contributed by atoms with Crippen LogP contribution >= 0.6 is 0 Å². The summed E-state index contributed by atoms with van der Waals surface area (Å²) in [5.74, 6) is 0.759. The molecular formula is C26H42BrNO3. The van der Waals surface area contributed by atoms with Crippen LogP contribution in [-0.4, -0.2) is 38.3 Å². The Kier molecular flexibility index (Phi) is 13.1. The van der Waals surface area contributed by atoms with Crippen molar-refractivity contribution in [2.75, 3.05) is 33.8 Å². The molecule has 1 heterocycles. The monoisotopic (exact) mass is 495 g/mol. The predicted octanol–water partition coefficient (Wildman–Crippen LogP) is 3.48. The molecule has 0 bridgehead atoms. The summed E-state index contributed by atoms with van der Waals surface area (Å²) in [4.78, 5) is 11.6. The van der Waals surface area contributed by atoms with Crippen LogP contribution in [0.5, 0.6) is 5.75 Å². The third-order valence-electron chi connectivity index (χ3n) is 6.01. The third-order valence-corrected chi connectivity index (χ3v) is 6.01. The molecule has 5 heteroatoms. The number of fused-ring (bicyclic) bond motifs is 1. The van der Waals surface area contributed by atoms with E-state index >= 15 is 0 Å². The molecule has 0 saturated heterocycles. The van der Waals surface area contributed by atoms with Crippen molar-refractivity contribution in [3.8, 4) is 5.75 Å². The summed E-state index contributed by atoms with van der Waals surface area (Å²) < 4.78 is 12.2. The Morgan fingerprint density at radius 3 is 2.13 bits per heavy atom. The first-order valence-corrected chi connectivity index (χ1v) is 11.9. The van der Waals surface area contributed by atoms with E-state index < -0.39 is 0 Å². The summed E-state index contributed by atoms with van der Waals surface area (Å²) in [6.07, 6.45) is 13.7. The Hall–Kier alpha value is -1.33. The maximum atomic E-state index is 11.6. The molecule has 0 aliphatic rings. The zero-order valence-electron chi connectivity index (χ0n) is 20.1. The molecule has 176 valence electrons. The van der Waals surface area contributed by atoms with Gasteiger partial charge in [-0.2, -0.15) is 0 Å². The number of ether oxygens (including phenoxy) is 1. The smallest absolute Gasteiger partial charge is 0.336 e. The summed E-state index contributed by atoms with van der Waals surface area (Å²) in [6.45, 7) is 7.01. The molecular weight excluding hydrogens is 454 g/mol. The highest BCUT2D eigenvalue weighted by atomic mass is 79.9. The normalized spacial score (nSPS) is 11.5. The summed E-state index contributed by atoms with van der Waals surface area (Å²) in [7, 11) is 4.56. The van der Waals surface area contributed by atoms with Crippen molar-refractivity contribution < 1.29 is 30.6 Å². The van der Waals surface area contributed by atoms with Crippen LogP contribution in [0.3, 0.4) is 0 Å². The lowest BCUT2D eigenvalue weighted by Gasteiger charge is -2.29. The lowest BCUT2D eigenvalue weighted by Crippen LogP contribution is -3.00. The number of nitrogens with zero attached hydrogens (tertiary/aromatic N) is 1. The Balaban J connectivity index is 0.00000480. The van der Waals surface area contributed by atoms with E-state index in [4.69, 9.17) is 9.15 Å². The van der Waals surface area contributed by atoms with Gasteiger partial charge in [0.1, 0.15) is 24.5 Å². The number of hydrogen-bond donors (Lipinski definition) is 0. The molecule has 0 unspecified atom stereocenters. The fourth-order valence-corrected chi connectivity index (χ4v) is 3.94. The van der Waals surface area contributed by atoms with Crippen molar-refractivity contribution >= 4 is 11.0 Å². The summed E-state index contributed by atoms with van der Waals surface area (Å²) in [5, 5.41) is 0.957. The van der Waals surface area contributed by atoms with E-state index in [1.807, 2.05) is 25.1 Å². The van der Waals surface area contributed by atoms with Crippen molar-refractivity contribution in [3.63, 3.8) is 0 Å². The second-order valence-corrected chi connectivity index (χ2v) is 9.32. The first kappa shape index (κ1) is 27.7. The fourth-order valence-electron chi connectivity index (χ4n) is 3.94. The minimum atomic E-state index is -0.313. The molecule has 0 fully saturated rings. The topological polar surface area (TPSA) is 39.4 Å². The lowest BCUT2D eigenvalue weighted by atomic mass is 10.1. The van der Waals surface area contributed by atoms with Crippen molar-refractivity contribution in [3.05, 3.63) is 40.2 Å². The van der Waals surface area contributed by atoms with Crippen molar-refractivity contribution in [2.45, 2.75) is 78.1 Å². The number of benzene rings is 1. The van der Waals surface area contributed by atoms with Gasteiger partial charge in [0.05, 0.1) is 20.6 Å². The van der Waals surface area contributed by atoms with Crippen molar-refractivity contribution in [1.29, 1.82) is 0 Å². The maximum Gasteiger partial charge on any atom is 0.336 e. The second kappa shape index (κ2) is 14.7. The van der Waals surface area contributed by atoms with Gasteiger partial charge in [-0.05, 0) is 37.5 Å². The van der Waals surface area contributed by atoms with Crippen LogP contribution in [0.4, 0.5) is 0 Å². The highest BCUT2D eigenvalue weighted by molar-refractivity contribution is 5.81. The van der Waals surface area contributed by atoms with E-state index in [0.717, 1.165) is 27.7 Å². The molecule has 0 aliphatic heterocycles.